The van der Waals surface area contributed by atoms with Crippen molar-refractivity contribution in [2.24, 2.45) is 0 Å². The van der Waals surface area contributed by atoms with Crippen LogP contribution in [0.25, 0.3) is 0 Å². The summed E-state index contributed by atoms with van der Waals surface area (Å²) in [7, 11) is 0. The van der Waals surface area contributed by atoms with Crippen molar-refractivity contribution in [1.29, 1.82) is 0 Å². The van der Waals surface area contributed by atoms with Crippen molar-refractivity contribution in [2.75, 3.05) is 19.7 Å². The first-order valence-corrected chi connectivity index (χ1v) is 7.29. The van der Waals surface area contributed by atoms with Crippen LogP contribution in [0, 0.1) is 0 Å². The number of halogens is 1. The molecule has 0 N–H and O–H groups in total. The summed E-state index contributed by atoms with van der Waals surface area (Å²) in [5.74, 6) is 0.919. The predicted molar refractivity (Wildman–Crippen MR) is 73.1 cm³/mol. The first-order chi connectivity index (χ1) is 8.75. The van der Waals surface area contributed by atoms with Gasteiger partial charge in [0.2, 0.25) is 0 Å². The van der Waals surface area contributed by atoms with Gasteiger partial charge in [0.05, 0.1) is 12.2 Å². The monoisotopic (exact) mass is 309 g/mol. The second-order valence-electron chi connectivity index (χ2n) is 4.89. The number of carbonyl (C=O) groups is 1. The normalized spacial score (nSPS) is 18.4. The Balaban J connectivity index is 1.93. The van der Waals surface area contributed by atoms with Crippen molar-refractivity contribution in [2.45, 2.75) is 25.7 Å². The van der Waals surface area contributed by atoms with Gasteiger partial charge in [-0.05, 0) is 37.0 Å². The summed E-state index contributed by atoms with van der Waals surface area (Å²) in [5, 5.41) is 0. The van der Waals surface area contributed by atoms with Gasteiger partial charge in [-0.25, -0.2) is 0 Å². The second kappa shape index (κ2) is 4.92. The third-order valence-electron chi connectivity index (χ3n) is 3.62. The Labute approximate surface area is 115 Å². The van der Waals surface area contributed by atoms with Crippen LogP contribution in [0.15, 0.2) is 16.6 Å². The van der Waals surface area contributed by atoms with E-state index in [4.69, 9.17) is 4.74 Å². The molecule has 3 rings (SSSR count). The summed E-state index contributed by atoms with van der Waals surface area (Å²) in [6.07, 6.45) is 4.36. The lowest BCUT2D eigenvalue weighted by Gasteiger charge is -2.27. The van der Waals surface area contributed by atoms with Gasteiger partial charge in [0.1, 0.15) is 5.75 Å². The summed E-state index contributed by atoms with van der Waals surface area (Å²) in [5.41, 5.74) is 1.86. The predicted octanol–water partition coefficient (Wildman–Crippen LogP) is 3.01. The molecule has 0 saturated carbocycles. The minimum atomic E-state index is 0.120. The van der Waals surface area contributed by atoms with Crippen LogP contribution in [0.4, 0.5) is 0 Å². The molecule has 4 heteroatoms. The third-order valence-corrected chi connectivity index (χ3v) is 4.08. The van der Waals surface area contributed by atoms with Crippen molar-refractivity contribution in [1.82, 2.24) is 4.90 Å². The smallest absolute Gasteiger partial charge is 0.257 e. The lowest BCUT2D eigenvalue weighted by molar-refractivity contribution is 0.0721. The van der Waals surface area contributed by atoms with Gasteiger partial charge in [0.15, 0.2) is 0 Å². The summed E-state index contributed by atoms with van der Waals surface area (Å²) >= 11 is 3.48. The van der Waals surface area contributed by atoms with Crippen LogP contribution in [0.2, 0.25) is 0 Å². The highest BCUT2D eigenvalue weighted by Crippen LogP contribution is 2.34. The maximum absolute atomic E-state index is 12.5. The van der Waals surface area contributed by atoms with Crippen LogP contribution in [-0.4, -0.2) is 30.5 Å². The van der Waals surface area contributed by atoms with Gasteiger partial charge in [-0.2, -0.15) is 0 Å². The largest absolute Gasteiger partial charge is 0.492 e. The van der Waals surface area contributed by atoms with E-state index < -0.39 is 0 Å². The van der Waals surface area contributed by atoms with Gasteiger partial charge in [0, 0.05) is 24.0 Å². The van der Waals surface area contributed by atoms with Gasteiger partial charge in [-0.1, -0.05) is 15.9 Å². The van der Waals surface area contributed by atoms with E-state index in [0.29, 0.717) is 6.61 Å². The third kappa shape index (κ3) is 2.14. The quantitative estimate of drug-likeness (QED) is 0.798. The molecule has 0 aromatic heterocycles. The van der Waals surface area contributed by atoms with Crippen LogP contribution in [0.3, 0.4) is 0 Å². The van der Waals surface area contributed by atoms with Crippen LogP contribution in [0.1, 0.15) is 35.2 Å². The maximum atomic E-state index is 12.5. The van der Waals surface area contributed by atoms with Crippen LogP contribution in [-0.2, 0) is 6.42 Å². The molecule has 0 unspecified atom stereocenters. The van der Waals surface area contributed by atoms with Crippen LogP contribution in [0.5, 0.6) is 5.75 Å². The Morgan fingerprint density at radius 3 is 2.78 bits per heavy atom. The molecule has 3 nitrogen and oxygen atoms in total. The van der Waals surface area contributed by atoms with E-state index >= 15 is 0 Å². The molecule has 0 atom stereocenters. The Morgan fingerprint density at radius 1 is 1.22 bits per heavy atom. The first kappa shape index (κ1) is 12.0. The highest BCUT2D eigenvalue weighted by atomic mass is 79.9. The standard InChI is InChI=1S/C14H16BrNO2/c15-11-8-10-4-7-18-13(10)12(9-11)14(17)16-5-2-1-3-6-16/h8-9H,1-7H2. The Bertz CT molecular complexity index is 481. The number of carbonyl (C=O) groups excluding carboxylic acids is 1. The topological polar surface area (TPSA) is 29.5 Å². The van der Waals surface area contributed by atoms with E-state index in [1.165, 1.54) is 6.42 Å². The summed E-state index contributed by atoms with van der Waals surface area (Å²) in [6.45, 7) is 2.44. The fourth-order valence-corrected chi connectivity index (χ4v) is 3.20. The Morgan fingerprint density at radius 2 is 2.00 bits per heavy atom. The van der Waals surface area contributed by atoms with Crippen molar-refractivity contribution in [3.05, 3.63) is 27.7 Å². The van der Waals surface area contributed by atoms with Crippen molar-refractivity contribution >= 4 is 21.8 Å². The maximum Gasteiger partial charge on any atom is 0.257 e. The average molecular weight is 310 g/mol. The fourth-order valence-electron chi connectivity index (χ4n) is 2.70. The number of amides is 1. The minimum absolute atomic E-state index is 0.120. The Hall–Kier alpha value is -1.03. The number of nitrogens with zero attached hydrogens (tertiary/aromatic N) is 1. The molecule has 1 saturated heterocycles. The van der Waals surface area contributed by atoms with E-state index in [1.54, 1.807) is 0 Å². The van der Waals surface area contributed by atoms with Crippen molar-refractivity contribution < 1.29 is 9.53 Å². The molecule has 1 aromatic carbocycles. The van der Waals surface area contributed by atoms with Gasteiger partial charge >= 0.3 is 0 Å². The Kier molecular flexibility index (Phi) is 3.29. The second-order valence-corrected chi connectivity index (χ2v) is 5.81. The van der Waals surface area contributed by atoms with Gasteiger partial charge in [-0.15, -0.1) is 0 Å². The molecule has 0 aliphatic carbocycles. The molecular formula is C14H16BrNO2. The highest BCUT2D eigenvalue weighted by molar-refractivity contribution is 9.10. The van der Waals surface area contributed by atoms with E-state index in [-0.39, 0.29) is 5.91 Å². The number of hydrogen-bond acceptors (Lipinski definition) is 2. The zero-order valence-corrected chi connectivity index (χ0v) is 11.8. The molecule has 2 aliphatic rings. The van der Waals surface area contributed by atoms with Crippen molar-refractivity contribution in [3.63, 3.8) is 0 Å². The number of fused-ring (bicyclic) bond motifs is 1. The van der Waals surface area contributed by atoms with Crippen LogP contribution >= 0.6 is 15.9 Å². The molecule has 1 amide bonds. The van der Waals surface area contributed by atoms with Gasteiger partial charge in [-0.3, -0.25) is 4.79 Å². The lowest BCUT2D eigenvalue weighted by atomic mass is 10.1. The molecule has 0 bridgehead atoms. The number of piperidine rings is 1. The molecule has 1 fully saturated rings. The zero-order chi connectivity index (χ0) is 12.5. The number of likely N-dealkylation sites (tertiary alicyclic amines) is 1. The number of benzene rings is 1. The fraction of sp³-hybridized carbons (Fsp3) is 0.500. The summed E-state index contributed by atoms with van der Waals surface area (Å²) < 4.78 is 6.59. The summed E-state index contributed by atoms with van der Waals surface area (Å²) in [4.78, 5) is 14.5. The summed E-state index contributed by atoms with van der Waals surface area (Å²) in [6, 6.07) is 3.94. The van der Waals surface area contributed by atoms with Crippen LogP contribution < -0.4 is 4.74 Å². The number of hydrogen-bond donors (Lipinski definition) is 0. The van der Waals surface area contributed by atoms with Gasteiger partial charge < -0.3 is 9.64 Å². The average Bonchev–Trinajstić information content (AvgIpc) is 2.86. The molecule has 2 heterocycles. The SMILES string of the molecule is O=C(c1cc(Br)cc2c1OCC2)N1CCCCC1. The molecule has 18 heavy (non-hydrogen) atoms. The molecular weight excluding hydrogens is 294 g/mol. The highest BCUT2D eigenvalue weighted by Gasteiger charge is 2.26. The van der Waals surface area contributed by atoms with E-state index in [2.05, 4.69) is 22.0 Å². The first-order valence-electron chi connectivity index (χ1n) is 6.50. The van der Waals surface area contributed by atoms with E-state index in [0.717, 1.165) is 53.7 Å². The lowest BCUT2D eigenvalue weighted by Crippen LogP contribution is -2.35. The van der Waals surface area contributed by atoms with Crippen molar-refractivity contribution in [3.8, 4) is 5.75 Å². The molecule has 0 spiro atoms. The molecule has 1 aromatic rings. The van der Waals surface area contributed by atoms with E-state index in [9.17, 15) is 4.79 Å². The molecule has 96 valence electrons. The van der Waals surface area contributed by atoms with Gasteiger partial charge in [0.25, 0.3) is 5.91 Å². The molecule has 0 radical (unpaired) electrons. The minimum Gasteiger partial charge on any atom is -0.492 e. The number of ether oxygens (including phenoxy) is 1. The number of rotatable bonds is 1. The molecule has 2 aliphatic heterocycles. The zero-order valence-electron chi connectivity index (χ0n) is 10.2. The van der Waals surface area contributed by atoms with E-state index in [1.807, 2.05) is 11.0 Å².